The third-order valence-electron chi connectivity index (χ3n) is 4.05. The van der Waals surface area contributed by atoms with Crippen molar-refractivity contribution in [3.8, 4) is 0 Å². The Morgan fingerprint density at radius 1 is 1.48 bits per heavy atom. The highest BCUT2D eigenvalue weighted by molar-refractivity contribution is 5.92. The third kappa shape index (κ3) is 2.78. The molecule has 1 atom stereocenters. The first-order valence-electron chi connectivity index (χ1n) is 7.53. The van der Waals surface area contributed by atoms with Gasteiger partial charge in [-0.05, 0) is 37.5 Å². The Balaban J connectivity index is 2.00. The summed E-state index contributed by atoms with van der Waals surface area (Å²) < 4.78 is 7.94. The van der Waals surface area contributed by atoms with E-state index in [4.69, 9.17) is 9.84 Å². The van der Waals surface area contributed by atoms with Crippen molar-refractivity contribution in [2.75, 3.05) is 6.61 Å². The van der Waals surface area contributed by atoms with Gasteiger partial charge in [0.1, 0.15) is 5.82 Å². The Morgan fingerprint density at radius 2 is 2.33 bits per heavy atom. The fourth-order valence-electron chi connectivity index (χ4n) is 2.93. The summed E-state index contributed by atoms with van der Waals surface area (Å²) in [6, 6.07) is 5.11. The summed E-state index contributed by atoms with van der Waals surface area (Å²) in [4.78, 5) is 15.8. The van der Waals surface area contributed by atoms with Gasteiger partial charge in [-0.1, -0.05) is 6.92 Å². The van der Waals surface area contributed by atoms with E-state index in [1.807, 2.05) is 0 Å². The molecule has 0 radical (unpaired) electrons. The van der Waals surface area contributed by atoms with Crippen molar-refractivity contribution in [1.29, 1.82) is 0 Å². The molecule has 0 aliphatic carbocycles. The van der Waals surface area contributed by atoms with Crippen LogP contribution in [-0.4, -0.2) is 33.3 Å². The number of ether oxygens (including phenoxy) is 1. The summed E-state index contributed by atoms with van der Waals surface area (Å²) >= 11 is 0. The number of aromatic nitrogens is 2. The lowest BCUT2D eigenvalue weighted by atomic mass is 10.1. The van der Waals surface area contributed by atoms with Gasteiger partial charge < -0.3 is 14.4 Å². The molecule has 1 N–H and O–H groups in total. The molecule has 1 aliphatic rings. The van der Waals surface area contributed by atoms with Crippen molar-refractivity contribution in [1.82, 2.24) is 9.55 Å². The summed E-state index contributed by atoms with van der Waals surface area (Å²) in [7, 11) is 0. The van der Waals surface area contributed by atoms with Crippen LogP contribution in [0.2, 0.25) is 0 Å². The molecule has 1 saturated heterocycles. The normalized spacial score (nSPS) is 19.0. The number of nitrogens with zero attached hydrogens (tertiary/aromatic N) is 2. The first kappa shape index (κ1) is 14.1. The molecule has 2 aromatic rings. The van der Waals surface area contributed by atoms with Crippen molar-refractivity contribution in [3.63, 3.8) is 0 Å². The summed E-state index contributed by atoms with van der Waals surface area (Å²) in [5, 5.41) is 9.17. The Bertz CT molecular complexity index is 657. The molecular weight excluding hydrogens is 268 g/mol. The maximum absolute atomic E-state index is 11.2. The Morgan fingerprint density at radius 3 is 3.00 bits per heavy atom. The standard InChI is InChI=1S/C16H20N2O3/c1-2-15-17-13-7-6-11(16(19)20)9-14(13)18(15)10-12-5-3-4-8-21-12/h6-7,9,12H,2-5,8,10H2,1H3,(H,19,20). The van der Waals surface area contributed by atoms with Crippen LogP contribution in [0, 0.1) is 0 Å². The van der Waals surface area contributed by atoms with E-state index in [2.05, 4.69) is 16.5 Å². The SMILES string of the molecule is CCc1nc2ccc(C(=O)O)cc2n1CC1CCCCO1. The highest BCUT2D eigenvalue weighted by atomic mass is 16.5. The van der Waals surface area contributed by atoms with Gasteiger partial charge in [-0.15, -0.1) is 0 Å². The van der Waals surface area contributed by atoms with Crippen LogP contribution in [0.5, 0.6) is 0 Å². The Hall–Kier alpha value is -1.88. The lowest BCUT2D eigenvalue weighted by molar-refractivity contribution is 0.00621. The Labute approximate surface area is 123 Å². The van der Waals surface area contributed by atoms with Crippen LogP contribution in [0.25, 0.3) is 11.0 Å². The van der Waals surface area contributed by atoms with Crippen LogP contribution in [0.4, 0.5) is 0 Å². The maximum atomic E-state index is 11.2. The maximum Gasteiger partial charge on any atom is 0.335 e. The number of hydrogen-bond acceptors (Lipinski definition) is 3. The lowest BCUT2D eigenvalue weighted by Gasteiger charge is -2.24. The van der Waals surface area contributed by atoms with Gasteiger partial charge in [-0.3, -0.25) is 0 Å². The average Bonchev–Trinajstić information content (AvgIpc) is 2.85. The number of aryl methyl sites for hydroxylation is 1. The van der Waals surface area contributed by atoms with Gasteiger partial charge in [0.2, 0.25) is 0 Å². The zero-order valence-electron chi connectivity index (χ0n) is 12.2. The minimum absolute atomic E-state index is 0.204. The molecule has 0 spiro atoms. The molecule has 1 aromatic carbocycles. The largest absolute Gasteiger partial charge is 0.478 e. The van der Waals surface area contributed by atoms with Crippen molar-refractivity contribution in [2.24, 2.45) is 0 Å². The molecule has 5 heteroatoms. The average molecular weight is 288 g/mol. The van der Waals surface area contributed by atoms with Crippen molar-refractivity contribution in [3.05, 3.63) is 29.6 Å². The van der Waals surface area contributed by atoms with Crippen LogP contribution in [0.15, 0.2) is 18.2 Å². The summed E-state index contributed by atoms with van der Waals surface area (Å²) in [6.45, 7) is 3.64. The molecule has 0 bridgehead atoms. The molecule has 21 heavy (non-hydrogen) atoms. The Kier molecular flexibility index (Phi) is 3.92. The molecule has 1 aliphatic heterocycles. The second-order valence-corrected chi connectivity index (χ2v) is 5.49. The molecule has 3 rings (SSSR count). The molecule has 112 valence electrons. The minimum Gasteiger partial charge on any atom is -0.478 e. The first-order chi connectivity index (χ1) is 10.2. The summed E-state index contributed by atoms with van der Waals surface area (Å²) in [6.07, 6.45) is 4.41. The highest BCUT2D eigenvalue weighted by Crippen LogP contribution is 2.22. The van der Waals surface area contributed by atoms with E-state index in [-0.39, 0.29) is 6.10 Å². The number of carboxylic acids is 1. The smallest absolute Gasteiger partial charge is 0.335 e. The number of carboxylic acid groups (broad SMARTS) is 1. The van der Waals surface area contributed by atoms with Gasteiger partial charge in [0, 0.05) is 13.0 Å². The number of imidazole rings is 1. The van der Waals surface area contributed by atoms with E-state index in [0.29, 0.717) is 5.56 Å². The monoisotopic (exact) mass is 288 g/mol. The number of benzene rings is 1. The van der Waals surface area contributed by atoms with Gasteiger partial charge >= 0.3 is 5.97 Å². The molecule has 0 amide bonds. The highest BCUT2D eigenvalue weighted by Gasteiger charge is 2.18. The fraction of sp³-hybridized carbons (Fsp3) is 0.500. The summed E-state index contributed by atoms with van der Waals surface area (Å²) in [5.41, 5.74) is 2.05. The molecule has 1 aromatic heterocycles. The van der Waals surface area contributed by atoms with E-state index >= 15 is 0 Å². The molecule has 2 heterocycles. The molecule has 1 unspecified atom stereocenters. The van der Waals surface area contributed by atoms with E-state index in [0.717, 1.165) is 49.3 Å². The molecule has 1 fully saturated rings. The van der Waals surface area contributed by atoms with Gasteiger partial charge in [-0.2, -0.15) is 0 Å². The number of fused-ring (bicyclic) bond motifs is 1. The lowest BCUT2D eigenvalue weighted by Crippen LogP contribution is -2.25. The van der Waals surface area contributed by atoms with E-state index in [9.17, 15) is 4.79 Å². The predicted molar refractivity (Wildman–Crippen MR) is 79.7 cm³/mol. The van der Waals surface area contributed by atoms with Crippen LogP contribution in [-0.2, 0) is 17.7 Å². The van der Waals surface area contributed by atoms with E-state index < -0.39 is 5.97 Å². The molecule has 5 nitrogen and oxygen atoms in total. The van der Waals surface area contributed by atoms with Crippen LogP contribution >= 0.6 is 0 Å². The number of hydrogen-bond donors (Lipinski definition) is 1. The first-order valence-corrected chi connectivity index (χ1v) is 7.53. The van der Waals surface area contributed by atoms with Gasteiger partial charge in [-0.25, -0.2) is 9.78 Å². The van der Waals surface area contributed by atoms with Crippen LogP contribution in [0.1, 0.15) is 42.4 Å². The second-order valence-electron chi connectivity index (χ2n) is 5.49. The van der Waals surface area contributed by atoms with E-state index in [1.54, 1.807) is 18.2 Å². The van der Waals surface area contributed by atoms with Crippen LogP contribution < -0.4 is 0 Å². The van der Waals surface area contributed by atoms with Crippen molar-refractivity contribution < 1.29 is 14.6 Å². The molecular formula is C16H20N2O3. The fourth-order valence-corrected chi connectivity index (χ4v) is 2.93. The topological polar surface area (TPSA) is 64.3 Å². The van der Waals surface area contributed by atoms with Crippen molar-refractivity contribution in [2.45, 2.75) is 45.3 Å². The zero-order valence-corrected chi connectivity index (χ0v) is 12.2. The number of aromatic carboxylic acids is 1. The van der Waals surface area contributed by atoms with Gasteiger partial charge in [0.25, 0.3) is 0 Å². The number of carbonyl (C=O) groups is 1. The second kappa shape index (κ2) is 5.85. The van der Waals surface area contributed by atoms with Crippen LogP contribution in [0.3, 0.4) is 0 Å². The third-order valence-corrected chi connectivity index (χ3v) is 4.05. The minimum atomic E-state index is -0.906. The number of rotatable bonds is 4. The van der Waals surface area contributed by atoms with E-state index in [1.165, 1.54) is 6.42 Å². The molecule has 0 saturated carbocycles. The quantitative estimate of drug-likeness (QED) is 0.939. The predicted octanol–water partition coefficient (Wildman–Crippen LogP) is 2.87. The zero-order chi connectivity index (χ0) is 14.8. The summed E-state index contributed by atoms with van der Waals surface area (Å²) in [5.74, 6) is 0.0818. The van der Waals surface area contributed by atoms with Gasteiger partial charge in [0.05, 0.1) is 29.2 Å². The van der Waals surface area contributed by atoms with Crippen molar-refractivity contribution >= 4 is 17.0 Å². The van der Waals surface area contributed by atoms with Gasteiger partial charge in [0.15, 0.2) is 0 Å².